The van der Waals surface area contributed by atoms with Crippen LogP contribution in [0.4, 0.5) is 0 Å². The van der Waals surface area contributed by atoms with E-state index in [9.17, 15) is 8.42 Å². The quantitative estimate of drug-likeness (QED) is 0.675. The van der Waals surface area contributed by atoms with Gasteiger partial charge in [0.2, 0.25) is 21.8 Å². The number of aromatic nitrogens is 2. The van der Waals surface area contributed by atoms with E-state index in [2.05, 4.69) is 10.2 Å². The summed E-state index contributed by atoms with van der Waals surface area (Å²) in [7, 11) is -3.47. The van der Waals surface area contributed by atoms with Gasteiger partial charge in [-0.15, -0.1) is 10.2 Å². The molecule has 0 aliphatic carbocycles. The van der Waals surface area contributed by atoms with Crippen LogP contribution in [0.2, 0.25) is 0 Å². The molecule has 0 atom stereocenters. The molecule has 0 bridgehead atoms. The van der Waals surface area contributed by atoms with Crippen molar-refractivity contribution >= 4 is 10.0 Å². The number of hydrogen-bond acceptors (Lipinski definition) is 5. The van der Waals surface area contributed by atoms with Gasteiger partial charge in [0.25, 0.3) is 0 Å². The summed E-state index contributed by atoms with van der Waals surface area (Å²) in [5.74, 6) is 0.779. The normalized spacial score (nSPS) is 11.8. The van der Waals surface area contributed by atoms with Crippen molar-refractivity contribution in [1.82, 2.24) is 14.5 Å². The second-order valence-electron chi connectivity index (χ2n) is 5.39. The molecule has 130 valence electrons. The zero-order chi connectivity index (χ0) is 17.9. The third-order valence-corrected chi connectivity index (χ3v) is 5.95. The van der Waals surface area contributed by atoms with E-state index >= 15 is 0 Å². The molecule has 0 aliphatic rings. The van der Waals surface area contributed by atoms with Crippen LogP contribution < -0.4 is 0 Å². The summed E-state index contributed by atoms with van der Waals surface area (Å²) in [6.07, 6.45) is 0. The van der Waals surface area contributed by atoms with Crippen LogP contribution in [-0.2, 0) is 10.0 Å². The monoisotopic (exact) mass is 357 g/mol. The Morgan fingerprint density at radius 3 is 1.88 bits per heavy atom. The molecule has 25 heavy (non-hydrogen) atoms. The highest BCUT2D eigenvalue weighted by molar-refractivity contribution is 7.89. The number of sulfonamides is 1. The van der Waals surface area contributed by atoms with Crippen LogP contribution in [0.25, 0.3) is 22.9 Å². The van der Waals surface area contributed by atoms with Crippen LogP contribution >= 0.6 is 0 Å². The third-order valence-electron chi connectivity index (χ3n) is 3.89. The van der Waals surface area contributed by atoms with Crippen molar-refractivity contribution in [3.8, 4) is 22.9 Å². The van der Waals surface area contributed by atoms with Crippen molar-refractivity contribution in [1.29, 1.82) is 0 Å². The first-order valence-electron chi connectivity index (χ1n) is 8.05. The van der Waals surface area contributed by atoms with Crippen molar-refractivity contribution < 1.29 is 12.8 Å². The van der Waals surface area contributed by atoms with E-state index in [1.165, 1.54) is 4.31 Å². The van der Waals surface area contributed by atoms with Crippen LogP contribution in [0.5, 0.6) is 0 Å². The molecule has 0 aliphatic heterocycles. The molecular weight excluding hydrogens is 338 g/mol. The molecule has 0 N–H and O–H groups in total. The lowest BCUT2D eigenvalue weighted by Gasteiger charge is -2.18. The summed E-state index contributed by atoms with van der Waals surface area (Å²) >= 11 is 0. The lowest BCUT2D eigenvalue weighted by Crippen LogP contribution is -2.30. The van der Waals surface area contributed by atoms with E-state index < -0.39 is 10.0 Å². The molecule has 0 spiro atoms. The van der Waals surface area contributed by atoms with Gasteiger partial charge < -0.3 is 4.42 Å². The number of rotatable bonds is 6. The second kappa shape index (κ2) is 7.16. The predicted octanol–water partition coefficient (Wildman–Crippen LogP) is 3.43. The summed E-state index contributed by atoms with van der Waals surface area (Å²) in [5.41, 5.74) is 1.51. The lowest BCUT2D eigenvalue weighted by molar-refractivity contribution is 0.445. The van der Waals surface area contributed by atoms with Gasteiger partial charge in [0.1, 0.15) is 0 Å². The highest BCUT2D eigenvalue weighted by Gasteiger charge is 2.21. The minimum absolute atomic E-state index is 0.253. The Labute approximate surface area is 147 Å². The fraction of sp³-hybridized carbons (Fsp3) is 0.222. The van der Waals surface area contributed by atoms with E-state index in [4.69, 9.17) is 4.42 Å². The maximum absolute atomic E-state index is 12.5. The van der Waals surface area contributed by atoms with Crippen molar-refractivity contribution in [3.63, 3.8) is 0 Å². The fourth-order valence-corrected chi connectivity index (χ4v) is 3.98. The summed E-state index contributed by atoms with van der Waals surface area (Å²) in [6.45, 7) is 4.51. The van der Waals surface area contributed by atoms with Crippen LogP contribution in [0, 0.1) is 0 Å². The number of nitrogens with zero attached hydrogens (tertiary/aromatic N) is 3. The van der Waals surface area contributed by atoms with Gasteiger partial charge in [-0.25, -0.2) is 8.42 Å². The Morgan fingerprint density at radius 1 is 0.840 bits per heavy atom. The van der Waals surface area contributed by atoms with Crippen molar-refractivity contribution in [3.05, 3.63) is 54.6 Å². The Kier molecular flexibility index (Phi) is 4.96. The largest absolute Gasteiger partial charge is 0.416 e. The smallest absolute Gasteiger partial charge is 0.248 e. The maximum atomic E-state index is 12.5. The van der Waals surface area contributed by atoms with E-state index in [1.807, 2.05) is 44.2 Å². The molecule has 6 nitrogen and oxygen atoms in total. The average molecular weight is 357 g/mol. The van der Waals surface area contributed by atoms with Crippen LogP contribution in [0.15, 0.2) is 63.9 Å². The average Bonchev–Trinajstić information content (AvgIpc) is 3.13. The van der Waals surface area contributed by atoms with Gasteiger partial charge in [-0.05, 0) is 36.4 Å². The summed E-state index contributed by atoms with van der Waals surface area (Å²) in [6, 6.07) is 16.0. The molecule has 0 saturated heterocycles. The van der Waals surface area contributed by atoms with Crippen molar-refractivity contribution in [2.75, 3.05) is 13.1 Å². The zero-order valence-corrected chi connectivity index (χ0v) is 14.9. The lowest BCUT2D eigenvalue weighted by atomic mass is 10.2. The molecule has 0 fully saturated rings. The van der Waals surface area contributed by atoms with E-state index in [0.29, 0.717) is 30.4 Å². The highest BCUT2D eigenvalue weighted by atomic mass is 32.2. The van der Waals surface area contributed by atoms with E-state index in [0.717, 1.165) is 5.56 Å². The molecule has 7 heteroatoms. The molecule has 1 heterocycles. The first-order valence-corrected chi connectivity index (χ1v) is 9.49. The summed E-state index contributed by atoms with van der Waals surface area (Å²) in [5, 5.41) is 8.09. The van der Waals surface area contributed by atoms with Gasteiger partial charge in [-0.2, -0.15) is 4.31 Å². The Balaban J connectivity index is 1.88. The van der Waals surface area contributed by atoms with Crippen molar-refractivity contribution in [2.24, 2.45) is 0 Å². The Hall–Kier alpha value is -2.51. The van der Waals surface area contributed by atoms with Gasteiger partial charge >= 0.3 is 0 Å². The SMILES string of the molecule is CCN(CC)S(=O)(=O)c1ccc(-c2nnc(-c3ccccc3)o2)cc1. The maximum Gasteiger partial charge on any atom is 0.248 e. The topological polar surface area (TPSA) is 76.3 Å². The molecule has 1 aromatic heterocycles. The first kappa shape index (κ1) is 17.3. The standard InChI is InChI=1S/C18H19N3O3S/c1-3-21(4-2)25(22,23)16-12-10-15(11-13-16)18-20-19-17(24-18)14-8-6-5-7-9-14/h5-13H,3-4H2,1-2H3. The number of hydrogen-bond donors (Lipinski definition) is 0. The second-order valence-corrected chi connectivity index (χ2v) is 7.33. The van der Waals surface area contributed by atoms with Gasteiger partial charge in [-0.1, -0.05) is 32.0 Å². The van der Waals surface area contributed by atoms with Crippen molar-refractivity contribution in [2.45, 2.75) is 18.7 Å². The van der Waals surface area contributed by atoms with E-state index in [-0.39, 0.29) is 4.90 Å². The first-order chi connectivity index (χ1) is 12.1. The predicted molar refractivity (Wildman–Crippen MR) is 95.3 cm³/mol. The minimum atomic E-state index is -3.47. The molecule has 3 aromatic rings. The highest BCUT2D eigenvalue weighted by Crippen LogP contribution is 2.25. The molecule has 0 amide bonds. The fourth-order valence-electron chi connectivity index (χ4n) is 2.52. The zero-order valence-electron chi connectivity index (χ0n) is 14.1. The van der Waals surface area contributed by atoms with Gasteiger partial charge in [0.15, 0.2) is 0 Å². The molecule has 0 saturated carbocycles. The summed E-state index contributed by atoms with van der Waals surface area (Å²) in [4.78, 5) is 0.253. The van der Waals surface area contributed by atoms with Gasteiger partial charge in [0.05, 0.1) is 4.90 Å². The molecule has 3 rings (SSSR count). The molecule has 0 unspecified atom stereocenters. The molecular formula is C18H19N3O3S. The van der Waals surface area contributed by atoms with Gasteiger partial charge in [-0.3, -0.25) is 0 Å². The minimum Gasteiger partial charge on any atom is -0.416 e. The van der Waals surface area contributed by atoms with Crippen LogP contribution in [0.3, 0.4) is 0 Å². The number of benzene rings is 2. The Morgan fingerprint density at radius 2 is 1.36 bits per heavy atom. The summed E-state index contributed by atoms with van der Waals surface area (Å²) < 4.78 is 32.1. The van der Waals surface area contributed by atoms with Crippen LogP contribution in [0.1, 0.15) is 13.8 Å². The van der Waals surface area contributed by atoms with E-state index in [1.54, 1.807) is 24.3 Å². The molecule has 2 aromatic carbocycles. The van der Waals surface area contributed by atoms with Crippen LogP contribution in [-0.4, -0.2) is 36.0 Å². The van der Waals surface area contributed by atoms with Gasteiger partial charge in [0, 0.05) is 24.2 Å². The molecule has 0 radical (unpaired) electrons. The third kappa shape index (κ3) is 3.47. The Bertz CT molecular complexity index is 931.